The van der Waals surface area contributed by atoms with Gasteiger partial charge in [-0.15, -0.1) is 0 Å². The van der Waals surface area contributed by atoms with Crippen molar-refractivity contribution in [3.63, 3.8) is 0 Å². The smallest absolute Gasteiger partial charge is 0.228 e. The van der Waals surface area contributed by atoms with E-state index in [1.807, 2.05) is 6.07 Å². The number of amides is 1. The zero-order valence-electron chi connectivity index (χ0n) is 13.9. The highest BCUT2D eigenvalue weighted by molar-refractivity contribution is 6.12. The minimum Gasteiger partial charge on any atom is -0.365 e. The molecular weight excluding hydrogens is 298 g/mol. The number of rotatable bonds is 1. The monoisotopic (exact) mass is 317 g/mol. The van der Waals surface area contributed by atoms with Crippen molar-refractivity contribution in [3.05, 3.63) is 64.2 Å². The van der Waals surface area contributed by atoms with Crippen molar-refractivity contribution >= 4 is 22.7 Å². The molecule has 1 aliphatic carbocycles. The van der Waals surface area contributed by atoms with Crippen LogP contribution in [0.1, 0.15) is 41.2 Å². The summed E-state index contributed by atoms with van der Waals surface area (Å²) in [6.45, 7) is 4.99. The van der Waals surface area contributed by atoms with Crippen molar-refractivity contribution < 1.29 is 9.53 Å². The largest absolute Gasteiger partial charge is 0.365 e. The number of nitrogens with one attached hydrogen (secondary N) is 1. The van der Waals surface area contributed by atoms with E-state index in [1.165, 1.54) is 33.4 Å². The predicted octanol–water partition coefficient (Wildman–Crippen LogP) is 4.05. The maximum absolute atomic E-state index is 12.4. The average Bonchev–Trinajstić information content (AvgIpc) is 3.24. The summed E-state index contributed by atoms with van der Waals surface area (Å²) in [5, 5.41) is 3.07. The molecule has 1 saturated heterocycles. The van der Waals surface area contributed by atoms with E-state index in [4.69, 9.17) is 4.74 Å². The molecule has 1 fully saturated rings. The molecule has 0 aromatic heterocycles. The molecule has 1 N–H and O–H groups in total. The summed E-state index contributed by atoms with van der Waals surface area (Å²) in [6.07, 6.45) is 1.34. The normalized spacial score (nSPS) is 24.0. The van der Waals surface area contributed by atoms with Crippen molar-refractivity contribution in [3.8, 4) is 0 Å². The third kappa shape index (κ3) is 1.98. The Morgan fingerprint density at radius 1 is 1.04 bits per heavy atom. The fourth-order valence-electron chi connectivity index (χ4n) is 3.91. The first-order chi connectivity index (χ1) is 11.5. The summed E-state index contributed by atoms with van der Waals surface area (Å²) in [6, 6.07) is 12.9. The second-order valence-electron chi connectivity index (χ2n) is 7.30. The molecule has 1 atom stereocenters. The van der Waals surface area contributed by atoms with Gasteiger partial charge in [0.15, 0.2) is 0 Å². The highest BCUT2D eigenvalue weighted by Gasteiger charge is 2.42. The average molecular weight is 317 g/mol. The Labute approximate surface area is 141 Å². The van der Waals surface area contributed by atoms with Crippen molar-refractivity contribution in [1.82, 2.24) is 0 Å². The molecule has 120 valence electrons. The van der Waals surface area contributed by atoms with Crippen LogP contribution in [0.3, 0.4) is 0 Å². The summed E-state index contributed by atoms with van der Waals surface area (Å²) >= 11 is 0. The lowest BCUT2D eigenvalue weighted by Crippen LogP contribution is -2.11. The molecule has 2 heterocycles. The number of carbonyl (C=O) groups excluding carboxylic acids is 1. The molecule has 3 nitrogen and oxygen atoms in total. The van der Waals surface area contributed by atoms with Crippen LogP contribution in [0.25, 0.3) is 11.1 Å². The SMILES string of the molecule is Cc1ccc2c(c1)C1=C(C2)c2cc(C3(C)CO3)ccc2NC(=O)C1. The van der Waals surface area contributed by atoms with Crippen LogP contribution in [0.4, 0.5) is 5.69 Å². The van der Waals surface area contributed by atoms with Gasteiger partial charge in [0.25, 0.3) is 0 Å². The maximum atomic E-state index is 12.4. The zero-order valence-corrected chi connectivity index (χ0v) is 13.9. The van der Waals surface area contributed by atoms with Crippen molar-refractivity contribution in [1.29, 1.82) is 0 Å². The summed E-state index contributed by atoms with van der Waals surface area (Å²) in [4.78, 5) is 12.4. The molecule has 1 amide bonds. The van der Waals surface area contributed by atoms with Crippen LogP contribution in [0.2, 0.25) is 0 Å². The van der Waals surface area contributed by atoms with Gasteiger partial charge in [-0.3, -0.25) is 4.79 Å². The number of aryl methyl sites for hydroxylation is 1. The van der Waals surface area contributed by atoms with E-state index >= 15 is 0 Å². The highest BCUT2D eigenvalue weighted by Crippen LogP contribution is 2.47. The molecule has 24 heavy (non-hydrogen) atoms. The molecule has 5 rings (SSSR count). The van der Waals surface area contributed by atoms with Gasteiger partial charge in [0.2, 0.25) is 5.91 Å². The Morgan fingerprint density at radius 3 is 2.62 bits per heavy atom. The third-order valence-corrected chi connectivity index (χ3v) is 5.47. The molecule has 0 spiro atoms. The Morgan fingerprint density at radius 2 is 1.83 bits per heavy atom. The topological polar surface area (TPSA) is 41.6 Å². The molecule has 0 bridgehead atoms. The Balaban J connectivity index is 1.72. The first-order valence-electron chi connectivity index (χ1n) is 8.44. The van der Waals surface area contributed by atoms with Gasteiger partial charge >= 0.3 is 0 Å². The number of carbonyl (C=O) groups is 1. The number of benzene rings is 2. The molecule has 3 heteroatoms. The first kappa shape index (κ1) is 14.0. The molecule has 3 aliphatic rings. The molecule has 0 radical (unpaired) electrons. The number of ether oxygens (including phenoxy) is 1. The Kier molecular flexibility index (Phi) is 2.67. The number of epoxide rings is 1. The van der Waals surface area contributed by atoms with Crippen LogP contribution in [0.15, 0.2) is 36.4 Å². The minimum atomic E-state index is -0.159. The van der Waals surface area contributed by atoms with Crippen LogP contribution in [-0.4, -0.2) is 12.5 Å². The number of hydrogen-bond donors (Lipinski definition) is 1. The standard InChI is InChI=1S/C21H19NO2/c1-12-3-4-13-8-16-17(15(13)7-12)10-20(23)22-19-6-5-14(9-18(16)19)21(2)11-24-21/h3-7,9H,8,10-11H2,1-2H3,(H,22,23). The van der Waals surface area contributed by atoms with E-state index in [2.05, 4.69) is 49.5 Å². The van der Waals surface area contributed by atoms with Crippen LogP contribution < -0.4 is 5.32 Å². The summed E-state index contributed by atoms with van der Waals surface area (Å²) in [5.41, 5.74) is 9.38. The van der Waals surface area contributed by atoms with Crippen LogP contribution in [0.5, 0.6) is 0 Å². The zero-order chi connectivity index (χ0) is 16.5. The lowest BCUT2D eigenvalue weighted by molar-refractivity contribution is -0.115. The van der Waals surface area contributed by atoms with Gasteiger partial charge in [-0.2, -0.15) is 0 Å². The van der Waals surface area contributed by atoms with E-state index in [9.17, 15) is 4.79 Å². The van der Waals surface area contributed by atoms with E-state index in [1.54, 1.807) is 0 Å². The van der Waals surface area contributed by atoms with E-state index < -0.39 is 0 Å². The van der Waals surface area contributed by atoms with Gasteiger partial charge in [0.1, 0.15) is 5.60 Å². The van der Waals surface area contributed by atoms with E-state index in [0.717, 1.165) is 24.3 Å². The summed E-state index contributed by atoms with van der Waals surface area (Å²) < 4.78 is 5.61. The van der Waals surface area contributed by atoms with Gasteiger partial charge < -0.3 is 10.1 Å². The van der Waals surface area contributed by atoms with Gasteiger partial charge in [-0.25, -0.2) is 0 Å². The highest BCUT2D eigenvalue weighted by atomic mass is 16.6. The Hall–Kier alpha value is -2.39. The number of allylic oxidation sites excluding steroid dienone is 1. The molecule has 0 saturated carbocycles. The van der Waals surface area contributed by atoms with Gasteiger partial charge in [0, 0.05) is 11.3 Å². The van der Waals surface area contributed by atoms with Gasteiger partial charge in [-0.1, -0.05) is 29.8 Å². The second kappa shape index (κ2) is 4.58. The minimum absolute atomic E-state index is 0.0669. The predicted molar refractivity (Wildman–Crippen MR) is 94.7 cm³/mol. The van der Waals surface area contributed by atoms with Gasteiger partial charge in [-0.05, 0) is 60.2 Å². The molecular formula is C21H19NO2. The van der Waals surface area contributed by atoms with Crippen molar-refractivity contribution in [2.24, 2.45) is 0 Å². The fraction of sp³-hybridized carbons (Fsp3) is 0.286. The summed E-state index contributed by atoms with van der Waals surface area (Å²) in [7, 11) is 0. The quantitative estimate of drug-likeness (QED) is 0.806. The summed E-state index contributed by atoms with van der Waals surface area (Å²) in [5.74, 6) is 0.0669. The molecule has 2 aromatic carbocycles. The lowest BCUT2D eigenvalue weighted by atomic mass is 9.93. The fourth-order valence-corrected chi connectivity index (χ4v) is 3.91. The Bertz CT molecular complexity index is 935. The number of fused-ring (bicyclic) bond motifs is 4. The third-order valence-electron chi connectivity index (χ3n) is 5.47. The molecule has 2 aromatic rings. The maximum Gasteiger partial charge on any atom is 0.228 e. The van der Waals surface area contributed by atoms with Gasteiger partial charge in [0.05, 0.1) is 13.0 Å². The number of anilines is 1. The molecule has 2 aliphatic heterocycles. The van der Waals surface area contributed by atoms with E-state index in [0.29, 0.717) is 6.42 Å². The molecule has 1 unspecified atom stereocenters. The lowest BCUT2D eigenvalue weighted by Gasteiger charge is -2.14. The second-order valence-corrected chi connectivity index (χ2v) is 7.30. The number of hydrogen-bond acceptors (Lipinski definition) is 2. The van der Waals surface area contributed by atoms with E-state index in [-0.39, 0.29) is 11.5 Å². The van der Waals surface area contributed by atoms with Crippen molar-refractivity contribution in [2.75, 3.05) is 11.9 Å². The van der Waals surface area contributed by atoms with Crippen LogP contribution >= 0.6 is 0 Å². The first-order valence-corrected chi connectivity index (χ1v) is 8.44. The van der Waals surface area contributed by atoms with Crippen LogP contribution in [-0.2, 0) is 21.6 Å². The van der Waals surface area contributed by atoms with Crippen molar-refractivity contribution in [2.45, 2.75) is 32.3 Å². The van der Waals surface area contributed by atoms with Crippen LogP contribution in [0, 0.1) is 6.92 Å².